The van der Waals surface area contributed by atoms with E-state index in [1.165, 1.54) is 50.1 Å². The molecule has 1 spiro atoms. The van der Waals surface area contributed by atoms with Crippen molar-refractivity contribution >= 4 is 43.9 Å². The molecule has 3 aromatic heterocycles. The Labute approximate surface area is 361 Å². The highest BCUT2D eigenvalue weighted by atomic mass is 16.3. The van der Waals surface area contributed by atoms with E-state index >= 15 is 0 Å². The van der Waals surface area contributed by atoms with Crippen LogP contribution in [0.4, 0.5) is 0 Å². The predicted molar refractivity (Wildman–Crippen MR) is 252 cm³/mol. The number of nitrogens with zero attached hydrogens (tertiary/aromatic N) is 3. The fourth-order valence-electron chi connectivity index (χ4n) is 10.7. The SMILES string of the molecule is c1ccc2c(c1)-c1ccccc1C1(c3ccc(-c4nc(-c5ccc6c(c5)oc5ccccc56)nc(-c5ccc6c(c5)oc5ccccc56)n4)cc3-2)c2ccccc2-c2ccccc21. The molecule has 3 heterocycles. The lowest BCUT2D eigenvalue weighted by Gasteiger charge is -2.35. The van der Waals surface area contributed by atoms with Gasteiger partial charge in [0.1, 0.15) is 22.3 Å². The highest BCUT2D eigenvalue weighted by Crippen LogP contribution is 2.61. The monoisotopic (exact) mass is 803 g/mol. The summed E-state index contributed by atoms with van der Waals surface area (Å²) in [5.74, 6) is 1.69. The zero-order chi connectivity index (χ0) is 41.2. The van der Waals surface area contributed by atoms with Crippen LogP contribution in [0.3, 0.4) is 0 Å². The highest BCUT2D eigenvalue weighted by molar-refractivity contribution is 6.07. The lowest BCUT2D eigenvalue weighted by Crippen LogP contribution is -2.29. The Morgan fingerprint density at radius 2 is 0.619 bits per heavy atom. The first kappa shape index (κ1) is 34.3. The van der Waals surface area contributed by atoms with Gasteiger partial charge in [0.25, 0.3) is 0 Å². The minimum absolute atomic E-state index is 0.555. The molecule has 9 aromatic carbocycles. The average Bonchev–Trinajstić information content (AvgIpc) is 3.99. The third-order valence-corrected chi connectivity index (χ3v) is 13.4. The van der Waals surface area contributed by atoms with Crippen LogP contribution in [0.5, 0.6) is 0 Å². The Bertz CT molecular complexity index is 3720. The van der Waals surface area contributed by atoms with Gasteiger partial charge in [0.05, 0.1) is 5.41 Å². The van der Waals surface area contributed by atoms with Crippen molar-refractivity contribution in [3.05, 3.63) is 222 Å². The molecule has 0 atom stereocenters. The third kappa shape index (κ3) is 4.79. The molecule has 0 saturated heterocycles. The van der Waals surface area contributed by atoms with Crippen molar-refractivity contribution in [3.8, 4) is 67.5 Å². The van der Waals surface area contributed by atoms with Crippen molar-refractivity contribution in [1.29, 1.82) is 0 Å². The molecule has 0 radical (unpaired) electrons. The van der Waals surface area contributed by atoms with E-state index in [2.05, 4.69) is 152 Å². The number of hydrogen-bond acceptors (Lipinski definition) is 5. The maximum Gasteiger partial charge on any atom is 0.164 e. The average molecular weight is 804 g/mol. The molecular weight excluding hydrogens is 771 g/mol. The van der Waals surface area contributed by atoms with Gasteiger partial charge in [0, 0.05) is 38.2 Å². The van der Waals surface area contributed by atoms with E-state index in [9.17, 15) is 0 Å². The Kier molecular flexibility index (Phi) is 6.97. The fourth-order valence-corrected chi connectivity index (χ4v) is 10.7. The second-order valence-corrected chi connectivity index (χ2v) is 16.6. The number of aromatic nitrogens is 3. The maximum absolute atomic E-state index is 6.37. The Balaban J connectivity index is 1.03. The van der Waals surface area contributed by atoms with Crippen molar-refractivity contribution in [3.63, 3.8) is 0 Å². The molecule has 0 aliphatic heterocycles. The van der Waals surface area contributed by atoms with Crippen molar-refractivity contribution in [2.75, 3.05) is 0 Å². The molecule has 0 fully saturated rings. The Hall–Kier alpha value is -8.41. The summed E-state index contributed by atoms with van der Waals surface area (Å²) < 4.78 is 12.7. The molecule has 0 amide bonds. The van der Waals surface area contributed by atoms with Crippen LogP contribution in [-0.4, -0.2) is 15.0 Å². The van der Waals surface area contributed by atoms with Crippen LogP contribution < -0.4 is 0 Å². The summed E-state index contributed by atoms with van der Waals surface area (Å²) in [6.45, 7) is 0. The van der Waals surface area contributed by atoms with E-state index in [1.807, 2.05) is 48.5 Å². The number of furan rings is 2. The summed E-state index contributed by atoms with van der Waals surface area (Å²) in [6, 6.07) is 71.2. The first-order valence-electron chi connectivity index (χ1n) is 21.3. The van der Waals surface area contributed by atoms with Crippen LogP contribution in [0.15, 0.2) is 209 Å². The second-order valence-electron chi connectivity index (χ2n) is 16.6. The van der Waals surface area contributed by atoms with Gasteiger partial charge >= 0.3 is 0 Å². The number of hydrogen-bond donors (Lipinski definition) is 0. The lowest BCUT2D eigenvalue weighted by molar-refractivity contribution is 0.668. The third-order valence-electron chi connectivity index (χ3n) is 13.4. The molecule has 2 aliphatic rings. The van der Waals surface area contributed by atoms with Gasteiger partial charge in [-0.2, -0.15) is 0 Å². The number of para-hydroxylation sites is 2. The van der Waals surface area contributed by atoms with Crippen LogP contribution in [0.25, 0.3) is 111 Å². The van der Waals surface area contributed by atoms with Crippen LogP contribution >= 0.6 is 0 Å². The van der Waals surface area contributed by atoms with Crippen molar-refractivity contribution in [1.82, 2.24) is 15.0 Å². The van der Waals surface area contributed by atoms with Gasteiger partial charge in [0.2, 0.25) is 0 Å². The normalized spacial score (nSPS) is 13.2. The van der Waals surface area contributed by atoms with Crippen LogP contribution in [0.1, 0.15) is 22.3 Å². The molecular formula is C58H33N3O2. The van der Waals surface area contributed by atoms with Gasteiger partial charge in [-0.15, -0.1) is 0 Å². The van der Waals surface area contributed by atoms with Gasteiger partial charge in [-0.25, -0.2) is 15.0 Å². The van der Waals surface area contributed by atoms with Crippen molar-refractivity contribution < 1.29 is 8.83 Å². The van der Waals surface area contributed by atoms with Gasteiger partial charge in [-0.1, -0.05) is 158 Å². The predicted octanol–water partition coefficient (Wildman–Crippen LogP) is 14.7. The minimum atomic E-state index is -0.573. The maximum atomic E-state index is 6.37. The molecule has 0 N–H and O–H groups in total. The second kappa shape index (κ2) is 12.8. The van der Waals surface area contributed by atoms with Crippen LogP contribution in [0.2, 0.25) is 0 Å². The standard InChI is InChI=1S/C58H33N3O2/c1-2-14-38-37(13-1)39-15-3-8-20-47(39)58(48-21-9-4-16-40(48)41-17-5-10-22-49(41)58)50-30-27-34(31-46(38)50)55-59-56(35-25-28-44-42-18-6-11-23-51(42)62-53(44)32-35)61-57(60-55)36-26-29-45-43-19-7-12-24-52(43)63-54(45)33-36/h1-33H. The smallest absolute Gasteiger partial charge is 0.164 e. The topological polar surface area (TPSA) is 65.0 Å². The van der Waals surface area contributed by atoms with Gasteiger partial charge in [-0.3, -0.25) is 0 Å². The molecule has 0 unspecified atom stereocenters. The van der Waals surface area contributed by atoms with E-state index in [4.69, 9.17) is 23.8 Å². The zero-order valence-electron chi connectivity index (χ0n) is 33.7. The summed E-state index contributed by atoms with van der Waals surface area (Å²) in [7, 11) is 0. The number of fused-ring (bicyclic) bond motifs is 18. The summed E-state index contributed by atoms with van der Waals surface area (Å²) >= 11 is 0. The number of benzene rings is 9. The molecule has 2 aliphatic carbocycles. The van der Waals surface area contributed by atoms with Crippen molar-refractivity contribution in [2.24, 2.45) is 0 Å². The molecule has 5 heteroatoms. The summed E-state index contributed by atoms with van der Waals surface area (Å²) in [5, 5.41) is 4.25. The molecule has 0 saturated carbocycles. The molecule has 5 nitrogen and oxygen atoms in total. The first-order valence-corrected chi connectivity index (χ1v) is 21.3. The van der Waals surface area contributed by atoms with E-state index in [-0.39, 0.29) is 0 Å². The summed E-state index contributed by atoms with van der Waals surface area (Å²) in [6.07, 6.45) is 0. The van der Waals surface area contributed by atoms with Crippen LogP contribution in [-0.2, 0) is 5.41 Å². The van der Waals surface area contributed by atoms with E-state index in [1.54, 1.807) is 0 Å². The van der Waals surface area contributed by atoms with E-state index in [0.29, 0.717) is 17.5 Å². The number of rotatable bonds is 3. The molecule has 12 aromatic rings. The first-order chi connectivity index (χ1) is 31.2. The summed E-state index contributed by atoms with van der Waals surface area (Å²) in [5.41, 5.74) is 17.6. The van der Waals surface area contributed by atoms with Crippen LogP contribution in [0, 0.1) is 0 Å². The molecule has 292 valence electrons. The van der Waals surface area contributed by atoms with Gasteiger partial charge in [0.15, 0.2) is 17.5 Å². The highest BCUT2D eigenvalue weighted by Gasteiger charge is 2.49. The molecule has 0 bridgehead atoms. The molecule has 14 rings (SSSR count). The quantitative estimate of drug-likeness (QED) is 0.178. The Morgan fingerprint density at radius 3 is 1.13 bits per heavy atom. The largest absolute Gasteiger partial charge is 0.456 e. The summed E-state index contributed by atoms with van der Waals surface area (Å²) in [4.78, 5) is 15.8. The lowest BCUT2D eigenvalue weighted by atomic mass is 9.66. The van der Waals surface area contributed by atoms with Gasteiger partial charge in [-0.05, 0) is 98.1 Å². The fraction of sp³-hybridized carbons (Fsp3) is 0.0172. The zero-order valence-corrected chi connectivity index (χ0v) is 33.7. The van der Waals surface area contributed by atoms with E-state index in [0.717, 1.165) is 66.1 Å². The Morgan fingerprint density at radius 1 is 0.270 bits per heavy atom. The van der Waals surface area contributed by atoms with Gasteiger partial charge < -0.3 is 8.83 Å². The minimum Gasteiger partial charge on any atom is -0.456 e. The molecule has 63 heavy (non-hydrogen) atoms. The van der Waals surface area contributed by atoms with E-state index < -0.39 is 5.41 Å². The van der Waals surface area contributed by atoms with Crippen molar-refractivity contribution in [2.45, 2.75) is 5.41 Å².